The van der Waals surface area contributed by atoms with Crippen LogP contribution in [0.1, 0.15) is 13.3 Å². The zero-order valence-corrected chi connectivity index (χ0v) is 7.17. The lowest BCUT2D eigenvalue weighted by Crippen LogP contribution is -2.58. The van der Waals surface area contributed by atoms with Crippen molar-refractivity contribution in [1.29, 1.82) is 5.26 Å². The molecule has 0 aromatic heterocycles. The molecule has 1 rings (SSSR count). The van der Waals surface area contributed by atoms with Gasteiger partial charge in [-0.15, -0.1) is 0 Å². The van der Waals surface area contributed by atoms with Gasteiger partial charge in [0, 0.05) is 19.1 Å². The van der Waals surface area contributed by atoms with Crippen LogP contribution in [0.5, 0.6) is 0 Å². The number of nitriles is 1. The van der Waals surface area contributed by atoms with Crippen LogP contribution in [0, 0.1) is 11.3 Å². The third-order valence-electron chi connectivity index (χ3n) is 2.07. The van der Waals surface area contributed by atoms with Crippen molar-refractivity contribution in [3.63, 3.8) is 0 Å². The van der Waals surface area contributed by atoms with Gasteiger partial charge in [-0.3, -0.25) is 5.32 Å². The number of likely N-dealkylation sites (N-methyl/N-ethyl adjacent to an activating group) is 1. The second-order valence-corrected chi connectivity index (χ2v) is 3.17. The normalized spacial score (nSPS) is 22.3. The molecule has 1 unspecified atom stereocenters. The van der Waals surface area contributed by atoms with Crippen LogP contribution in [0.25, 0.3) is 0 Å². The molecule has 1 aliphatic heterocycles. The summed E-state index contributed by atoms with van der Waals surface area (Å²) in [5, 5.41) is 11.9. The summed E-state index contributed by atoms with van der Waals surface area (Å²) < 4.78 is 0. The Morgan fingerprint density at radius 1 is 1.73 bits per heavy atom. The van der Waals surface area contributed by atoms with E-state index in [4.69, 9.17) is 5.26 Å². The van der Waals surface area contributed by atoms with E-state index < -0.39 is 0 Å². The third-order valence-corrected chi connectivity index (χ3v) is 2.07. The van der Waals surface area contributed by atoms with Crippen molar-refractivity contribution < 1.29 is 0 Å². The minimum absolute atomic E-state index is 0.0497. The molecule has 11 heavy (non-hydrogen) atoms. The molecule has 0 saturated carbocycles. The van der Waals surface area contributed by atoms with E-state index in [0.29, 0.717) is 6.04 Å². The minimum Gasteiger partial charge on any atom is -0.303 e. The Balaban J connectivity index is 2.16. The van der Waals surface area contributed by atoms with Gasteiger partial charge in [-0.25, -0.2) is 0 Å². The lowest BCUT2D eigenvalue weighted by atomic mass is 10.1. The first-order valence-electron chi connectivity index (χ1n) is 4.10. The van der Waals surface area contributed by atoms with E-state index in [9.17, 15) is 0 Å². The number of nitrogens with one attached hydrogen (secondary N) is 1. The van der Waals surface area contributed by atoms with Crippen LogP contribution in [0.15, 0.2) is 0 Å². The molecule has 0 bridgehead atoms. The Hall–Kier alpha value is -0.590. The summed E-state index contributed by atoms with van der Waals surface area (Å²) in [6.07, 6.45) is 0.900. The zero-order valence-electron chi connectivity index (χ0n) is 7.17. The highest BCUT2D eigenvalue weighted by Gasteiger charge is 2.24. The summed E-state index contributed by atoms with van der Waals surface area (Å²) in [5.41, 5.74) is 0. The van der Waals surface area contributed by atoms with Crippen LogP contribution in [-0.4, -0.2) is 37.1 Å². The summed E-state index contributed by atoms with van der Waals surface area (Å²) in [6.45, 7) is 4.19. The highest BCUT2D eigenvalue weighted by atomic mass is 15.2. The average molecular weight is 153 g/mol. The number of hydrogen-bond donors (Lipinski definition) is 1. The summed E-state index contributed by atoms with van der Waals surface area (Å²) in [7, 11) is 2.09. The molecule has 62 valence electrons. The average Bonchev–Trinajstić information content (AvgIpc) is 1.96. The maximum Gasteiger partial charge on any atom is 0.0953 e. The van der Waals surface area contributed by atoms with Gasteiger partial charge in [0.15, 0.2) is 0 Å². The van der Waals surface area contributed by atoms with E-state index in [1.165, 1.54) is 0 Å². The Bertz CT molecular complexity index is 155. The van der Waals surface area contributed by atoms with Gasteiger partial charge in [0.25, 0.3) is 0 Å². The molecule has 0 aromatic carbocycles. The number of nitrogens with zero attached hydrogens (tertiary/aromatic N) is 2. The Morgan fingerprint density at radius 3 is 2.73 bits per heavy atom. The molecule has 0 spiro atoms. The van der Waals surface area contributed by atoms with Crippen LogP contribution in [0.2, 0.25) is 0 Å². The quantitative estimate of drug-likeness (QED) is 0.629. The predicted molar refractivity (Wildman–Crippen MR) is 44.1 cm³/mol. The van der Waals surface area contributed by atoms with Gasteiger partial charge in [0.05, 0.1) is 12.1 Å². The van der Waals surface area contributed by atoms with E-state index in [-0.39, 0.29) is 6.04 Å². The third kappa shape index (κ3) is 2.18. The van der Waals surface area contributed by atoms with Gasteiger partial charge >= 0.3 is 0 Å². The zero-order chi connectivity index (χ0) is 8.27. The first-order chi connectivity index (χ1) is 5.26. The highest BCUT2D eigenvalue weighted by molar-refractivity contribution is 4.94. The van der Waals surface area contributed by atoms with Gasteiger partial charge in [-0.1, -0.05) is 6.92 Å². The molecule has 3 nitrogen and oxygen atoms in total. The minimum atomic E-state index is 0.0497. The van der Waals surface area contributed by atoms with Crippen molar-refractivity contribution in [2.45, 2.75) is 25.4 Å². The first kappa shape index (κ1) is 8.51. The summed E-state index contributed by atoms with van der Waals surface area (Å²) in [6, 6.07) is 2.83. The maximum atomic E-state index is 8.63. The standard InChI is InChI=1S/C8H15N3/c1-3-7(4-9)10-8-5-11(2)6-8/h7-8,10H,3,5-6H2,1-2H3. The Kier molecular flexibility index (Phi) is 2.86. The van der Waals surface area contributed by atoms with Gasteiger partial charge in [-0.05, 0) is 13.5 Å². The highest BCUT2D eigenvalue weighted by Crippen LogP contribution is 2.05. The second kappa shape index (κ2) is 3.70. The van der Waals surface area contributed by atoms with E-state index in [0.717, 1.165) is 19.5 Å². The maximum absolute atomic E-state index is 8.63. The summed E-state index contributed by atoms with van der Waals surface area (Å²) in [4.78, 5) is 2.24. The molecular formula is C8H15N3. The van der Waals surface area contributed by atoms with Crippen LogP contribution < -0.4 is 5.32 Å². The molecule has 1 saturated heterocycles. The second-order valence-electron chi connectivity index (χ2n) is 3.17. The van der Waals surface area contributed by atoms with Crippen LogP contribution >= 0.6 is 0 Å². The van der Waals surface area contributed by atoms with Gasteiger partial charge in [-0.2, -0.15) is 5.26 Å². The van der Waals surface area contributed by atoms with Gasteiger partial charge in [0.1, 0.15) is 0 Å². The first-order valence-corrected chi connectivity index (χ1v) is 4.10. The van der Waals surface area contributed by atoms with Crippen molar-refractivity contribution in [3.05, 3.63) is 0 Å². The number of likely N-dealkylation sites (tertiary alicyclic amines) is 1. The molecule has 1 heterocycles. The van der Waals surface area contributed by atoms with Crippen LogP contribution in [0.4, 0.5) is 0 Å². The lowest BCUT2D eigenvalue weighted by molar-refractivity contribution is 0.156. The Labute approximate surface area is 68.0 Å². The van der Waals surface area contributed by atoms with Crippen LogP contribution in [-0.2, 0) is 0 Å². The van der Waals surface area contributed by atoms with Crippen molar-refractivity contribution in [3.8, 4) is 6.07 Å². The predicted octanol–water partition coefficient (Wildman–Crippen LogP) is 0.192. The fourth-order valence-corrected chi connectivity index (χ4v) is 1.34. The monoisotopic (exact) mass is 153 g/mol. The number of hydrogen-bond acceptors (Lipinski definition) is 3. The summed E-state index contributed by atoms with van der Waals surface area (Å²) in [5.74, 6) is 0. The fraction of sp³-hybridized carbons (Fsp3) is 0.875. The molecular weight excluding hydrogens is 138 g/mol. The molecule has 0 amide bonds. The molecule has 1 fully saturated rings. The van der Waals surface area contributed by atoms with Crippen molar-refractivity contribution in [2.75, 3.05) is 20.1 Å². The summed E-state index contributed by atoms with van der Waals surface area (Å²) >= 11 is 0. The van der Waals surface area contributed by atoms with Crippen molar-refractivity contribution in [1.82, 2.24) is 10.2 Å². The van der Waals surface area contributed by atoms with E-state index in [1.54, 1.807) is 0 Å². The van der Waals surface area contributed by atoms with Crippen molar-refractivity contribution >= 4 is 0 Å². The largest absolute Gasteiger partial charge is 0.303 e. The molecule has 1 atom stereocenters. The molecule has 0 aliphatic carbocycles. The van der Waals surface area contributed by atoms with Gasteiger partial charge < -0.3 is 4.90 Å². The molecule has 0 radical (unpaired) electrons. The van der Waals surface area contributed by atoms with E-state index in [1.807, 2.05) is 6.92 Å². The smallest absolute Gasteiger partial charge is 0.0953 e. The molecule has 1 N–H and O–H groups in total. The molecule has 1 aliphatic rings. The topological polar surface area (TPSA) is 39.1 Å². The fourth-order valence-electron chi connectivity index (χ4n) is 1.34. The van der Waals surface area contributed by atoms with Gasteiger partial charge in [0.2, 0.25) is 0 Å². The lowest BCUT2D eigenvalue weighted by Gasteiger charge is -2.37. The number of rotatable bonds is 3. The SMILES string of the molecule is CCC(C#N)NC1CN(C)C1. The van der Waals surface area contributed by atoms with Crippen molar-refractivity contribution in [2.24, 2.45) is 0 Å². The van der Waals surface area contributed by atoms with E-state index >= 15 is 0 Å². The van der Waals surface area contributed by atoms with Crippen LogP contribution in [0.3, 0.4) is 0 Å². The Morgan fingerprint density at radius 2 is 2.36 bits per heavy atom. The molecule has 3 heteroatoms. The van der Waals surface area contributed by atoms with E-state index in [2.05, 4.69) is 23.3 Å². The molecule has 0 aromatic rings.